The van der Waals surface area contributed by atoms with Gasteiger partial charge in [-0.05, 0) is 18.6 Å². The summed E-state index contributed by atoms with van der Waals surface area (Å²) in [6.45, 7) is 3.01. The quantitative estimate of drug-likeness (QED) is 0.597. The van der Waals surface area contributed by atoms with Crippen LogP contribution in [0.1, 0.15) is 32.6 Å². The number of aromatic nitrogens is 2. The average Bonchev–Trinajstić information content (AvgIpc) is 2.52. The lowest BCUT2D eigenvalue weighted by molar-refractivity contribution is -0.143. The fourth-order valence-electron chi connectivity index (χ4n) is 2.07. The van der Waals surface area contributed by atoms with Gasteiger partial charge in [0, 0.05) is 11.8 Å². The van der Waals surface area contributed by atoms with Crippen molar-refractivity contribution in [2.24, 2.45) is 0 Å². The van der Waals surface area contributed by atoms with Crippen molar-refractivity contribution in [2.75, 3.05) is 18.5 Å². The zero-order valence-electron chi connectivity index (χ0n) is 12.3. The Morgan fingerprint density at radius 3 is 2.95 bits per heavy atom. The molecule has 0 spiro atoms. The molecular weight excluding hydrogens is 266 g/mol. The van der Waals surface area contributed by atoms with Crippen molar-refractivity contribution < 1.29 is 9.53 Å². The molecule has 0 aliphatic carbocycles. The summed E-state index contributed by atoms with van der Waals surface area (Å²) in [7, 11) is 0. The molecule has 0 radical (unpaired) electrons. The number of anilines is 1. The van der Waals surface area contributed by atoms with E-state index in [1.807, 2.05) is 24.3 Å². The molecule has 0 saturated carbocycles. The van der Waals surface area contributed by atoms with Gasteiger partial charge in [-0.15, -0.1) is 0 Å². The second-order valence-corrected chi connectivity index (χ2v) is 4.84. The van der Waals surface area contributed by atoms with Gasteiger partial charge in [-0.2, -0.15) is 0 Å². The number of ether oxygens (including phenoxy) is 1. The smallest absolute Gasteiger partial charge is 0.305 e. The van der Waals surface area contributed by atoms with Gasteiger partial charge in [0.05, 0.1) is 12.1 Å². The van der Waals surface area contributed by atoms with Crippen LogP contribution in [0.4, 0.5) is 5.82 Å². The van der Waals surface area contributed by atoms with Crippen LogP contribution in [-0.2, 0) is 9.53 Å². The molecule has 2 rings (SSSR count). The highest BCUT2D eigenvalue weighted by atomic mass is 16.5. The van der Waals surface area contributed by atoms with Crippen molar-refractivity contribution in [3.63, 3.8) is 0 Å². The van der Waals surface area contributed by atoms with E-state index in [2.05, 4.69) is 22.2 Å². The number of nitrogens with zero attached hydrogens (tertiary/aromatic N) is 2. The van der Waals surface area contributed by atoms with E-state index in [-0.39, 0.29) is 5.97 Å². The Hall–Kier alpha value is -2.17. The fraction of sp³-hybridized carbons (Fsp3) is 0.438. The van der Waals surface area contributed by atoms with Gasteiger partial charge in [-0.1, -0.05) is 31.9 Å². The van der Waals surface area contributed by atoms with Crippen LogP contribution in [0.3, 0.4) is 0 Å². The molecule has 0 unspecified atom stereocenters. The monoisotopic (exact) mass is 287 g/mol. The summed E-state index contributed by atoms with van der Waals surface area (Å²) in [5.74, 6) is 0.639. The molecular formula is C16H21N3O2. The number of unbranched alkanes of at least 4 members (excludes halogenated alkanes) is 2. The largest absolute Gasteiger partial charge is 0.464 e. The van der Waals surface area contributed by atoms with Gasteiger partial charge < -0.3 is 10.1 Å². The number of carbonyl (C=O) groups excluding carboxylic acids is 1. The molecule has 2 aromatic rings. The number of benzene rings is 1. The number of nitrogens with one attached hydrogen (secondary N) is 1. The molecule has 0 bridgehead atoms. The van der Waals surface area contributed by atoms with E-state index < -0.39 is 0 Å². The maximum Gasteiger partial charge on any atom is 0.305 e. The van der Waals surface area contributed by atoms with Gasteiger partial charge in [0.15, 0.2) is 0 Å². The fourth-order valence-corrected chi connectivity index (χ4v) is 2.07. The van der Waals surface area contributed by atoms with Crippen LogP contribution in [0.15, 0.2) is 30.6 Å². The SMILES string of the molecule is CCCCCC(=O)OCCNc1ncnc2ccccc12. The van der Waals surface area contributed by atoms with Crippen molar-refractivity contribution in [3.05, 3.63) is 30.6 Å². The maximum atomic E-state index is 11.5. The Morgan fingerprint density at radius 1 is 1.24 bits per heavy atom. The lowest BCUT2D eigenvalue weighted by Gasteiger charge is -2.08. The van der Waals surface area contributed by atoms with Crippen LogP contribution in [0, 0.1) is 0 Å². The molecule has 0 amide bonds. The summed E-state index contributed by atoms with van der Waals surface area (Å²) >= 11 is 0. The number of rotatable bonds is 8. The Bertz CT molecular complexity index is 581. The summed E-state index contributed by atoms with van der Waals surface area (Å²) < 4.78 is 5.18. The first-order valence-corrected chi connectivity index (χ1v) is 7.40. The van der Waals surface area contributed by atoms with E-state index >= 15 is 0 Å². The molecule has 0 aliphatic heterocycles. The second-order valence-electron chi connectivity index (χ2n) is 4.84. The Balaban J connectivity index is 1.76. The van der Waals surface area contributed by atoms with Crippen molar-refractivity contribution in [3.8, 4) is 0 Å². The highest BCUT2D eigenvalue weighted by molar-refractivity contribution is 5.88. The molecule has 0 atom stereocenters. The third kappa shape index (κ3) is 4.70. The van der Waals surface area contributed by atoms with E-state index in [9.17, 15) is 4.79 Å². The van der Waals surface area contributed by atoms with E-state index in [0.29, 0.717) is 19.6 Å². The minimum absolute atomic E-state index is 0.127. The van der Waals surface area contributed by atoms with E-state index in [4.69, 9.17) is 4.74 Å². The maximum absolute atomic E-state index is 11.5. The van der Waals surface area contributed by atoms with Crippen molar-refractivity contribution in [1.82, 2.24) is 9.97 Å². The van der Waals surface area contributed by atoms with Gasteiger partial charge >= 0.3 is 5.97 Å². The van der Waals surface area contributed by atoms with Crippen LogP contribution in [0.5, 0.6) is 0 Å². The van der Waals surface area contributed by atoms with Gasteiger partial charge in [0.1, 0.15) is 18.8 Å². The lowest BCUT2D eigenvalue weighted by atomic mass is 10.2. The molecule has 1 N–H and O–H groups in total. The minimum atomic E-state index is -0.127. The number of esters is 1. The Labute approximate surface area is 124 Å². The molecule has 5 heteroatoms. The van der Waals surface area contributed by atoms with Gasteiger partial charge in [-0.3, -0.25) is 4.79 Å². The first kappa shape index (κ1) is 15.2. The standard InChI is InChI=1S/C16H21N3O2/c1-2-3-4-9-15(20)21-11-10-17-16-13-7-5-6-8-14(13)18-12-19-16/h5-8,12H,2-4,9-11H2,1H3,(H,17,18,19). The zero-order chi connectivity index (χ0) is 14.9. The molecule has 1 aromatic carbocycles. The van der Waals surface area contributed by atoms with Gasteiger partial charge in [-0.25, -0.2) is 9.97 Å². The minimum Gasteiger partial charge on any atom is -0.464 e. The summed E-state index contributed by atoms with van der Waals surface area (Å²) in [6, 6.07) is 7.80. The molecule has 1 heterocycles. The molecule has 0 aliphatic rings. The lowest BCUT2D eigenvalue weighted by Crippen LogP contribution is -2.14. The van der Waals surface area contributed by atoms with E-state index in [0.717, 1.165) is 36.0 Å². The van der Waals surface area contributed by atoms with Gasteiger partial charge in [0.25, 0.3) is 0 Å². The highest BCUT2D eigenvalue weighted by Crippen LogP contribution is 2.17. The van der Waals surface area contributed by atoms with Crippen LogP contribution in [-0.4, -0.2) is 29.1 Å². The summed E-state index contributed by atoms with van der Waals surface area (Å²) in [5, 5.41) is 4.15. The number of hydrogen-bond donors (Lipinski definition) is 1. The molecule has 21 heavy (non-hydrogen) atoms. The van der Waals surface area contributed by atoms with Crippen LogP contribution in [0.25, 0.3) is 10.9 Å². The van der Waals surface area contributed by atoms with Crippen LogP contribution < -0.4 is 5.32 Å². The number of hydrogen-bond acceptors (Lipinski definition) is 5. The molecule has 112 valence electrons. The Morgan fingerprint density at radius 2 is 2.10 bits per heavy atom. The predicted octanol–water partition coefficient (Wildman–Crippen LogP) is 3.17. The summed E-state index contributed by atoms with van der Waals surface area (Å²) in [5.41, 5.74) is 0.895. The van der Waals surface area contributed by atoms with Crippen molar-refractivity contribution in [1.29, 1.82) is 0 Å². The molecule has 0 saturated heterocycles. The van der Waals surface area contributed by atoms with Crippen molar-refractivity contribution in [2.45, 2.75) is 32.6 Å². The zero-order valence-corrected chi connectivity index (χ0v) is 12.3. The van der Waals surface area contributed by atoms with Crippen molar-refractivity contribution >= 4 is 22.7 Å². The highest BCUT2D eigenvalue weighted by Gasteiger charge is 2.04. The average molecular weight is 287 g/mol. The topological polar surface area (TPSA) is 64.1 Å². The van der Waals surface area contributed by atoms with Gasteiger partial charge in [0.2, 0.25) is 0 Å². The number of para-hydroxylation sites is 1. The number of fused-ring (bicyclic) bond motifs is 1. The third-order valence-corrected chi connectivity index (χ3v) is 3.18. The Kier molecular flexibility index (Phi) is 5.94. The molecule has 0 fully saturated rings. The second kappa shape index (κ2) is 8.19. The predicted molar refractivity (Wildman–Crippen MR) is 83.1 cm³/mol. The molecule has 1 aromatic heterocycles. The molecule has 5 nitrogen and oxygen atoms in total. The van der Waals surface area contributed by atoms with E-state index in [1.54, 1.807) is 0 Å². The summed E-state index contributed by atoms with van der Waals surface area (Å²) in [6.07, 6.45) is 5.11. The van der Waals surface area contributed by atoms with Crippen LogP contribution in [0.2, 0.25) is 0 Å². The first-order valence-electron chi connectivity index (χ1n) is 7.40. The van der Waals surface area contributed by atoms with E-state index in [1.165, 1.54) is 6.33 Å². The first-order chi connectivity index (χ1) is 10.3. The summed E-state index contributed by atoms with van der Waals surface area (Å²) in [4.78, 5) is 19.9. The number of carbonyl (C=O) groups is 1. The normalized spacial score (nSPS) is 10.5. The van der Waals surface area contributed by atoms with Crippen LogP contribution >= 0.6 is 0 Å². The third-order valence-electron chi connectivity index (χ3n) is 3.18.